The van der Waals surface area contributed by atoms with Crippen LogP contribution < -0.4 is 0 Å². The van der Waals surface area contributed by atoms with Crippen molar-refractivity contribution in [2.45, 2.75) is 38.2 Å². The van der Waals surface area contributed by atoms with Gasteiger partial charge < -0.3 is 19.5 Å². The van der Waals surface area contributed by atoms with E-state index in [0.717, 1.165) is 32.5 Å². The van der Waals surface area contributed by atoms with Crippen LogP contribution in [0.3, 0.4) is 0 Å². The number of amides is 1. The molecule has 6 heteroatoms. The maximum Gasteiger partial charge on any atom is 0.306 e. The number of hydrogen-bond donors (Lipinski definition) is 1. The summed E-state index contributed by atoms with van der Waals surface area (Å²) < 4.78 is 10.7. The normalized spacial score (nSPS) is 24.6. The molecule has 0 aliphatic carbocycles. The van der Waals surface area contributed by atoms with E-state index in [0.29, 0.717) is 32.0 Å². The first-order valence-electron chi connectivity index (χ1n) is 7.34. The van der Waals surface area contributed by atoms with Crippen LogP contribution in [0.25, 0.3) is 0 Å². The van der Waals surface area contributed by atoms with E-state index >= 15 is 0 Å². The molecule has 1 N–H and O–H groups in total. The quantitative estimate of drug-likeness (QED) is 0.812. The van der Waals surface area contributed by atoms with E-state index in [4.69, 9.17) is 14.6 Å². The minimum absolute atomic E-state index is 0.0380. The zero-order chi connectivity index (χ0) is 14.4. The fourth-order valence-electron chi connectivity index (χ4n) is 2.78. The number of carboxylic acid groups (broad SMARTS) is 1. The van der Waals surface area contributed by atoms with Crippen LogP contribution in [0.15, 0.2) is 0 Å². The number of carbonyl (C=O) groups excluding carboxylic acids is 1. The minimum Gasteiger partial charge on any atom is -0.481 e. The van der Waals surface area contributed by atoms with E-state index in [9.17, 15) is 9.59 Å². The van der Waals surface area contributed by atoms with Crippen molar-refractivity contribution in [3.63, 3.8) is 0 Å². The minimum atomic E-state index is -0.883. The number of ether oxygens (including phenoxy) is 2. The van der Waals surface area contributed by atoms with Crippen molar-refractivity contribution in [2.24, 2.45) is 5.92 Å². The SMILES string of the molecule is O=C(O)C[C@@H]1CN(C(=O)CCC2CCOCC2)CCO1. The highest BCUT2D eigenvalue weighted by molar-refractivity contribution is 5.76. The van der Waals surface area contributed by atoms with E-state index in [1.807, 2.05) is 0 Å². The van der Waals surface area contributed by atoms with Crippen molar-refractivity contribution in [3.8, 4) is 0 Å². The molecule has 1 amide bonds. The Kier molecular flexibility index (Phi) is 5.79. The molecule has 0 bridgehead atoms. The smallest absolute Gasteiger partial charge is 0.306 e. The lowest BCUT2D eigenvalue weighted by atomic mass is 9.94. The average molecular weight is 285 g/mol. The molecule has 2 fully saturated rings. The Labute approximate surface area is 119 Å². The summed E-state index contributed by atoms with van der Waals surface area (Å²) in [6, 6.07) is 0. The molecule has 2 saturated heterocycles. The van der Waals surface area contributed by atoms with Gasteiger partial charge in [-0.3, -0.25) is 9.59 Å². The van der Waals surface area contributed by atoms with Crippen LogP contribution in [-0.4, -0.2) is 60.9 Å². The van der Waals surface area contributed by atoms with Gasteiger partial charge in [-0.2, -0.15) is 0 Å². The van der Waals surface area contributed by atoms with Gasteiger partial charge in [0.2, 0.25) is 5.91 Å². The Hall–Kier alpha value is -1.14. The molecule has 0 aromatic rings. The van der Waals surface area contributed by atoms with E-state index in [-0.39, 0.29) is 18.4 Å². The Bertz CT molecular complexity index is 340. The predicted octanol–water partition coefficient (Wildman–Crippen LogP) is 0.895. The second-order valence-corrected chi connectivity index (χ2v) is 5.52. The summed E-state index contributed by atoms with van der Waals surface area (Å²) in [4.78, 5) is 24.6. The van der Waals surface area contributed by atoms with Crippen molar-refractivity contribution in [1.29, 1.82) is 0 Å². The molecular formula is C14H23NO5. The Morgan fingerprint density at radius 2 is 1.95 bits per heavy atom. The second-order valence-electron chi connectivity index (χ2n) is 5.52. The number of morpholine rings is 1. The van der Waals surface area contributed by atoms with Gasteiger partial charge in [-0.1, -0.05) is 0 Å². The highest BCUT2D eigenvalue weighted by atomic mass is 16.5. The average Bonchev–Trinajstić information content (AvgIpc) is 2.45. The molecule has 2 aliphatic heterocycles. The summed E-state index contributed by atoms with van der Waals surface area (Å²) in [6.45, 7) is 3.01. The monoisotopic (exact) mass is 285 g/mol. The predicted molar refractivity (Wildman–Crippen MR) is 71.3 cm³/mol. The highest BCUT2D eigenvalue weighted by Gasteiger charge is 2.26. The summed E-state index contributed by atoms with van der Waals surface area (Å²) >= 11 is 0. The van der Waals surface area contributed by atoms with Gasteiger partial charge in [0.05, 0.1) is 19.1 Å². The zero-order valence-corrected chi connectivity index (χ0v) is 11.8. The summed E-state index contributed by atoms with van der Waals surface area (Å²) in [7, 11) is 0. The van der Waals surface area contributed by atoms with Crippen molar-refractivity contribution in [1.82, 2.24) is 4.90 Å². The van der Waals surface area contributed by atoms with Gasteiger partial charge in [-0.15, -0.1) is 0 Å². The summed E-state index contributed by atoms with van der Waals surface area (Å²) in [6.07, 6.45) is 3.13. The van der Waals surface area contributed by atoms with Gasteiger partial charge in [0, 0.05) is 32.7 Å². The van der Waals surface area contributed by atoms with Crippen LogP contribution in [-0.2, 0) is 19.1 Å². The molecule has 0 aromatic carbocycles. The van der Waals surface area contributed by atoms with E-state index in [1.54, 1.807) is 4.90 Å². The molecule has 20 heavy (non-hydrogen) atoms. The van der Waals surface area contributed by atoms with Crippen molar-refractivity contribution in [3.05, 3.63) is 0 Å². The molecule has 0 saturated carbocycles. The van der Waals surface area contributed by atoms with Crippen LogP contribution >= 0.6 is 0 Å². The third-order valence-electron chi connectivity index (χ3n) is 4.00. The largest absolute Gasteiger partial charge is 0.481 e. The lowest BCUT2D eigenvalue weighted by Gasteiger charge is -2.33. The molecule has 0 spiro atoms. The van der Waals surface area contributed by atoms with Gasteiger partial charge >= 0.3 is 5.97 Å². The molecule has 2 heterocycles. The van der Waals surface area contributed by atoms with Crippen molar-refractivity contribution < 1.29 is 24.2 Å². The van der Waals surface area contributed by atoms with E-state index in [1.165, 1.54) is 0 Å². The van der Waals surface area contributed by atoms with Gasteiger partial charge in [0.15, 0.2) is 0 Å². The molecule has 0 radical (unpaired) electrons. The lowest BCUT2D eigenvalue weighted by molar-refractivity contribution is -0.147. The topological polar surface area (TPSA) is 76.1 Å². The first-order valence-corrected chi connectivity index (χ1v) is 7.34. The lowest BCUT2D eigenvalue weighted by Crippen LogP contribution is -2.46. The molecular weight excluding hydrogens is 262 g/mol. The Balaban J connectivity index is 1.72. The fourth-order valence-corrected chi connectivity index (χ4v) is 2.78. The van der Waals surface area contributed by atoms with Crippen molar-refractivity contribution in [2.75, 3.05) is 32.9 Å². The summed E-state index contributed by atoms with van der Waals surface area (Å²) in [5.41, 5.74) is 0. The van der Waals surface area contributed by atoms with Crippen LogP contribution in [0.2, 0.25) is 0 Å². The number of hydrogen-bond acceptors (Lipinski definition) is 4. The van der Waals surface area contributed by atoms with Crippen LogP contribution in [0.1, 0.15) is 32.1 Å². The van der Waals surface area contributed by atoms with Gasteiger partial charge in [-0.25, -0.2) is 0 Å². The third-order valence-corrected chi connectivity index (χ3v) is 4.00. The first-order chi connectivity index (χ1) is 9.65. The van der Waals surface area contributed by atoms with Gasteiger partial charge in [0.1, 0.15) is 0 Å². The number of aliphatic carboxylic acids is 1. The standard InChI is InChI=1S/C14H23NO5/c16-13(2-1-11-3-6-19-7-4-11)15-5-8-20-12(10-15)9-14(17)18/h11-12H,1-10H2,(H,17,18)/t12-/m1/s1. The number of carbonyl (C=O) groups is 2. The Morgan fingerprint density at radius 3 is 2.65 bits per heavy atom. The zero-order valence-electron chi connectivity index (χ0n) is 11.8. The third kappa shape index (κ3) is 4.76. The Morgan fingerprint density at radius 1 is 1.20 bits per heavy atom. The van der Waals surface area contributed by atoms with Crippen LogP contribution in [0.4, 0.5) is 0 Å². The van der Waals surface area contributed by atoms with E-state index in [2.05, 4.69) is 0 Å². The van der Waals surface area contributed by atoms with Gasteiger partial charge in [-0.05, 0) is 25.2 Å². The molecule has 114 valence electrons. The van der Waals surface area contributed by atoms with Gasteiger partial charge in [0.25, 0.3) is 0 Å². The number of rotatable bonds is 5. The molecule has 1 atom stereocenters. The second kappa shape index (κ2) is 7.59. The van der Waals surface area contributed by atoms with Crippen LogP contribution in [0, 0.1) is 5.92 Å². The maximum atomic E-state index is 12.2. The summed E-state index contributed by atoms with van der Waals surface area (Å²) in [5.74, 6) is -0.176. The maximum absolute atomic E-state index is 12.2. The molecule has 2 aliphatic rings. The molecule has 2 rings (SSSR count). The molecule has 6 nitrogen and oxygen atoms in total. The molecule has 0 aromatic heterocycles. The first kappa shape index (κ1) is 15.3. The van der Waals surface area contributed by atoms with Crippen LogP contribution in [0.5, 0.6) is 0 Å². The van der Waals surface area contributed by atoms with E-state index < -0.39 is 5.97 Å². The summed E-state index contributed by atoms with van der Waals surface area (Å²) in [5, 5.41) is 8.77. The fraction of sp³-hybridized carbons (Fsp3) is 0.857. The number of nitrogens with zero attached hydrogens (tertiary/aromatic N) is 1. The molecule has 0 unspecified atom stereocenters. The number of carboxylic acids is 1. The van der Waals surface area contributed by atoms with Crippen molar-refractivity contribution >= 4 is 11.9 Å². The highest BCUT2D eigenvalue weighted by Crippen LogP contribution is 2.21.